The maximum absolute atomic E-state index is 12.6. The number of piperidine rings is 1. The number of carboxylic acids is 1. The Morgan fingerprint density at radius 2 is 1.59 bits per heavy atom. The zero-order chi connectivity index (χ0) is 19.0. The highest BCUT2D eigenvalue weighted by atomic mass is 16.6. The number of amides is 1. The zero-order valence-electron chi connectivity index (χ0n) is 14.7. The molecule has 0 spiro atoms. The van der Waals surface area contributed by atoms with Crippen LogP contribution in [0.3, 0.4) is 0 Å². The molecule has 0 saturated carbocycles. The van der Waals surface area contributed by atoms with Crippen LogP contribution in [0.4, 0.5) is 4.79 Å². The standard InChI is InChI=1S/C21H21NO5/c23-13-9-10-19(20(24)25)22(11-13)21(26)27-12-18-16-7-3-1-5-14(16)15-6-2-4-8-17(15)18/h1-8,13,18-19,23H,9-12H2,(H,24,25)/t13-,19-/m0/s1. The molecule has 6 heteroatoms. The SMILES string of the molecule is O=C(O)[C@@H]1CC[C@H](O)CN1C(=O)OCC1c2ccccc2-c2ccccc21. The number of carboxylic acid groups (broad SMARTS) is 1. The number of fused-ring (bicyclic) bond motifs is 3. The highest BCUT2D eigenvalue weighted by molar-refractivity contribution is 5.81. The van der Waals surface area contributed by atoms with Crippen LogP contribution in [-0.2, 0) is 9.53 Å². The van der Waals surface area contributed by atoms with Gasteiger partial charge in [-0.05, 0) is 35.1 Å². The number of aliphatic hydroxyl groups is 1. The first-order valence-electron chi connectivity index (χ1n) is 9.08. The Morgan fingerprint density at radius 1 is 1.00 bits per heavy atom. The largest absolute Gasteiger partial charge is 0.480 e. The molecule has 0 unspecified atom stereocenters. The molecule has 1 aliphatic heterocycles. The molecule has 0 bridgehead atoms. The summed E-state index contributed by atoms with van der Waals surface area (Å²) in [5.74, 6) is -1.16. The summed E-state index contributed by atoms with van der Waals surface area (Å²) in [6, 6.07) is 15.1. The summed E-state index contributed by atoms with van der Waals surface area (Å²) in [5, 5.41) is 19.2. The molecule has 2 aliphatic rings. The van der Waals surface area contributed by atoms with Gasteiger partial charge >= 0.3 is 12.1 Å². The van der Waals surface area contributed by atoms with E-state index in [1.54, 1.807) is 0 Å². The van der Waals surface area contributed by atoms with Crippen LogP contribution in [-0.4, -0.2) is 52.5 Å². The smallest absolute Gasteiger partial charge is 0.410 e. The van der Waals surface area contributed by atoms with Crippen LogP contribution in [0.25, 0.3) is 11.1 Å². The number of carbonyl (C=O) groups excluding carboxylic acids is 1. The summed E-state index contributed by atoms with van der Waals surface area (Å²) in [6.45, 7) is 0.111. The van der Waals surface area contributed by atoms with Crippen molar-refractivity contribution in [2.75, 3.05) is 13.2 Å². The van der Waals surface area contributed by atoms with Gasteiger partial charge in [0.1, 0.15) is 12.6 Å². The molecule has 2 aromatic rings. The highest BCUT2D eigenvalue weighted by Gasteiger charge is 2.37. The monoisotopic (exact) mass is 367 g/mol. The quantitative estimate of drug-likeness (QED) is 0.871. The van der Waals surface area contributed by atoms with E-state index < -0.39 is 24.2 Å². The Labute approximate surface area is 157 Å². The van der Waals surface area contributed by atoms with Crippen LogP contribution in [0.2, 0.25) is 0 Å². The number of carbonyl (C=O) groups is 2. The van der Waals surface area contributed by atoms with Crippen molar-refractivity contribution in [2.45, 2.75) is 30.9 Å². The number of benzene rings is 2. The van der Waals surface area contributed by atoms with Gasteiger partial charge in [0.05, 0.1) is 12.6 Å². The first kappa shape index (κ1) is 17.5. The van der Waals surface area contributed by atoms with E-state index in [4.69, 9.17) is 4.74 Å². The van der Waals surface area contributed by atoms with Crippen LogP contribution in [0.5, 0.6) is 0 Å². The van der Waals surface area contributed by atoms with Crippen molar-refractivity contribution in [1.82, 2.24) is 4.90 Å². The number of aliphatic hydroxyl groups excluding tert-OH is 1. The van der Waals surface area contributed by atoms with Gasteiger partial charge in [0, 0.05) is 5.92 Å². The van der Waals surface area contributed by atoms with E-state index in [1.165, 1.54) is 0 Å². The number of β-amino-alcohol motifs (C(OH)–C–C–N with tert-alkyl or cyclic N) is 1. The summed E-state index contributed by atoms with van der Waals surface area (Å²) in [7, 11) is 0. The van der Waals surface area contributed by atoms with E-state index in [0.717, 1.165) is 27.2 Å². The highest BCUT2D eigenvalue weighted by Crippen LogP contribution is 2.44. The molecule has 2 aromatic carbocycles. The molecule has 1 aliphatic carbocycles. The predicted octanol–water partition coefficient (Wildman–Crippen LogP) is 2.85. The van der Waals surface area contributed by atoms with E-state index >= 15 is 0 Å². The third-order valence-corrected chi connectivity index (χ3v) is 5.41. The lowest BCUT2D eigenvalue weighted by Crippen LogP contribution is -2.52. The zero-order valence-corrected chi connectivity index (χ0v) is 14.7. The van der Waals surface area contributed by atoms with Crippen molar-refractivity contribution < 1.29 is 24.5 Å². The van der Waals surface area contributed by atoms with Gasteiger partial charge < -0.3 is 14.9 Å². The first-order chi connectivity index (χ1) is 13.1. The molecular formula is C21H21NO5. The number of aliphatic carboxylic acids is 1. The molecule has 1 fully saturated rings. The van der Waals surface area contributed by atoms with Crippen LogP contribution in [0.1, 0.15) is 29.9 Å². The van der Waals surface area contributed by atoms with E-state index in [0.29, 0.717) is 6.42 Å². The second-order valence-corrected chi connectivity index (χ2v) is 7.04. The molecule has 2 atom stereocenters. The number of rotatable bonds is 3. The van der Waals surface area contributed by atoms with Gasteiger partial charge in [-0.2, -0.15) is 0 Å². The van der Waals surface area contributed by atoms with Crippen molar-refractivity contribution >= 4 is 12.1 Å². The molecule has 27 heavy (non-hydrogen) atoms. The van der Waals surface area contributed by atoms with E-state index in [1.807, 2.05) is 36.4 Å². The van der Waals surface area contributed by atoms with E-state index in [2.05, 4.69) is 12.1 Å². The maximum atomic E-state index is 12.6. The number of nitrogens with zero attached hydrogens (tertiary/aromatic N) is 1. The number of hydrogen-bond donors (Lipinski definition) is 2. The third kappa shape index (κ3) is 3.17. The average molecular weight is 367 g/mol. The number of likely N-dealkylation sites (tertiary alicyclic amines) is 1. The van der Waals surface area contributed by atoms with Crippen LogP contribution >= 0.6 is 0 Å². The van der Waals surface area contributed by atoms with Crippen LogP contribution in [0, 0.1) is 0 Å². The van der Waals surface area contributed by atoms with Crippen molar-refractivity contribution in [1.29, 1.82) is 0 Å². The summed E-state index contributed by atoms with van der Waals surface area (Å²) in [5.41, 5.74) is 4.46. The molecule has 6 nitrogen and oxygen atoms in total. The summed E-state index contributed by atoms with van der Waals surface area (Å²) in [4.78, 5) is 25.1. The summed E-state index contributed by atoms with van der Waals surface area (Å²) in [6.07, 6.45) is -0.825. The predicted molar refractivity (Wildman–Crippen MR) is 98.4 cm³/mol. The van der Waals surface area contributed by atoms with Gasteiger partial charge in [-0.15, -0.1) is 0 Å². The van der Waals surface area contributed by atoms with Crippen molar-refractivity contribution in [2.24, 2.45) is 0 Å². The van der Waals surface area contributed by atoms with Crippen molar-refractivity contribution in [3.05, 3.63) is 59.7 Å². The van der Waals surface area contributed by atoms with E-state index in [-0.39, 0.29) is 25.5 Å². The molecule has 2 N–H and O–H groups in total. The average Bonchev–Trinajstić information content (AvgIpc) is 3.00. The fourth-order valence-electron chi connectivity index (χ4n) is 4.09. The van der Waals surface area contributed by atoms with Crippen LogP contribution < -0.4 is 0 Å². The Kier molecular flexibility index (Phi) is 4.58. The Hall–Kier alpha value is -2.86. The minimum absolute atomic E-state index is 0.0202. The minimum atomic E-state index is -1.07. The van der Waals surface area contributed by atoms with Gasteiger partial charge in [0.25, 0.3) is 0 Å². The minimum Gasteiger partial charge on any atom is -0.480 e. The first-order valence-corrected chi connectivity index (χ1v) is 9.08. The summed E-state index contributed by atoms with van der Waals surface area (Å²) < 4.78 is 5.52. The Bertz CT molecular complexity index is 835. The molecule has 0 aromatic heterocycles. The molecule has 1 amide bonds. The van der Waals surface area contributed by atoms with E-state index in [9.17, 15) is 19.8 Å². The van der Waals surface area contributed by atoms with Gasteiger partial charge in [0.2, 0.25) is 0 Å². The normalized spacial score (nSPS) is 21.4. The number of hydrogen-bond acceptors (Lipinski definition) is 4. The lowest BCUT2D eigenvalue weighted by molar-refractivity contribution is -0.145. The van der Waals surface area contributed by atoms with Crippen molar-refractivity contribution in [3.63, 3.8) is 0 Å². The van der Waals surface area contributed by atoms with Gasteiger partial charge in [-0.25, -0.2) is 9.59 Å². The van der Waals surface area contributed by atoms with Gasteiger partial charge in [-0.3, -0.25) is 4.90 Å². The van der Waals surface area contributed by atoms with Crippen molar-refractivity contribution in [3.8, 4) is 11.1 Å². The second-order valence-electron chi connectivity index (χ2n) is 7.04. The lowest BCUT2D eigenvalue weighted by Gasteiger charge is -2.34. The molecule has 4 rings (SSSR count). The molecule has 0 radical (unpaired) electrons. The lowest BCUT2D eigenvalue weighted by atomic mass is 9.98. The molecule has 1 saturated heterocycles. The van der Waals surface area contributed by atoms with Crippen LogP contribution in [0.15, 0.2) is 48.5 Å². The molecule has 1 heterocycles. The molecule has 140 valence electrons. The topological polar surface area (TPSA) is 87.1 Å². The fraction of sp³-hybridized carbons (Fsp3) is 0.333. The third-order valence-electron chi connectivity index (χ3n) is 5.41. The van der Waals surface area contributed by atoms with Gasteiger partial charge in [0.15, 0.2) is 0 Å². The Balaban J connectivity index is 1.53. The second kappa shape index (κ2) is 7.04. The molecular weight excluding hydrogens is 346 g/mol. The Morgan fingerprint density at radius 3 is 2.19 bits per heavy atom. The van der Waals surface area contributed by atoms with Gasteiger partial charge in [-0.1, -0.05) is 48.5 Å². The number of ether oxygens (including phenoxy) is 1. The maximum Gasteiger partial charge on any atom is 0.410 e. The summed E-state index contributed by atoms with van der Waals surface area (Å²) >= 11 is 0. The fourth-order valence-corrected chi connectivity index (χ4v) is 4.09.